The Bertz CT molecular complexity index is 686. The quantitative estimate of drug-likeness (QED) is 0.445. The lowest BCUT2D eigenvalue weighted by Crippen LogP contribution is -2.41. The third kappa shape index (κ3) is 8.17. The van der Waals surface area contributed by atoms with Crippen LogP contribution in [0.3, 0.4) is 0 Å². The lowest BCUT2D eigenvalue weighted by atomic mass is 10.1. The zero-order valence-electron chi connectivity index (χ0n) is 19.5. The Morgan fingerprint density at radius 1 is 1.16 bits per heavy atom. The fraction of sp³-hybridized carbons (Fsp3) is 0.680. The molecule has 1 aromatic rings. The molecule has 3 rings (SSSR count). The first-order valence-corrected chi connectivity index (χ1v) is 12.2. The number of benzene rings is 1. The van der Waals surface area contributed by atoms with E-state index in [2.05, 4.69) is 53.6 Å². The van der Waals surface area contributed by atoms with E-state index in [1.807, 2.05) is 11.0 Å². The number of likely N-dealkylation sites (tertiary alicyclic amines) is 2. The van der Waals surface area contributed by atoms with Gasteiger partial charge in [-0.2, -0.15) is 0 Å². The van der Waals surface area contributed by atoms with E-state index in [0.29, 0.717) is 18.3 Å². The van der Waals surface area contributed by atoms with Crippen LogP contribution >= 0.6 is 0 Å². The van der Waals surface area contributed by atoms with Crippen molar-refractivity contribution in [3.8, 4) is 0 Å². The average Bonchev–Trinajstić information content (AvgIpc) is 3.15. The van der Waals surface area contributed by atoms with Gasteiger partial charge in [0.25, 0.3) is 0 Å². The van der Waals surface area contributed by atoms with Crippen LogP contribution in [0.15, 0.2) is 35.3 Å². The SMILES string of the molecule is CCNC(=NCC(C)CN1CCCCC1)NCC1CC(=O)N(CCc2ccccc2)C1. The smallest absolute Gasteiger partial charge is 0.223 e. The molecule has 0 aromatic heterocycles. The molecule has 0 spiro atoms. The maximum absolute atomic E-state index is 12.4. The van der Waals surface area contributed by atoms with Crippen LogP contribution < -0.4 is 10.6 Å². The number of nitrogens with zero attached hydrogens (tertiary/aromatic N) is 3. The first-order valence-electron chi connectivity index (χ1n) is 12.2. The van der Waals surface area contributed by atoms with Gasteiger partial charge in [0, 0.05) is 51.6 Å². The van der Waals surface area contributed by atoms with Crippen molar-refractivity contribution in [2.45, 2.75) is 46.0 Å². The molecule has 6 nitrogen and oxygen atoms in total. The van der Waals surface area contributed by atoms with Gasteiger partial charge in [-0.1, -0.05) is 43.7 Å². The second-order valence-corrected chi connectivity index (χ2v) is 9.21. The number of carbonyl (C=O) groups is 1. The molecule has 2 fully saturated rings. The average molecular weight is 428 g/mol. The summed E-state index contributed by atoms with van der Waals surface area (Å²) in [6.07, 6.45) is 5.61. The normalized spacial score (nSPS) is 21.4. The second-order valence-electron chi connectivity index (χ2n) is 9.21. The predicted molar refractivity (Wildman–Crippen MR) is 128 cm³/mol. The van der Waals surface area contributed by atoms with Gasteiger partial charge in [0.2, 0.25) is 5.91 Å². The largest absolute Gasteiger partial charge is 0.357 e. The van der Waals surface area contributed by atoms with Gasteiger partial charge in [0.15, 0.2) is 5.96 Å². The maximum atomic E-state index is 12.4. The first kappa shape index (κ1) is 23.6. The highest BCUT2D eigenvalue weighted by molar-refractivity contribution is 5.81. The second kappa shape index (κ2) is 12.7. The minimum Gasteiger partial charge on any atom is -0.357 e. The Morgan fingerprint density at radius 3 is 2.68 bits per heavy atom. The molecule has 1 aromatic carbocycles. The Morgan fingerprint density at radius 2 is 1.94 bits per heavy atom. The molecular formula is C25H41N5O. The number of aliphatic imine (C=N–C) groups is 1. The zero-order valence-corrected chi connectivity index (χ0v) is 19.5. The summed E-state index contributed by atoms with van der Waals surface area (Å²) in [5, 5.41) is 6.84. The summed E-state index contributed by atoms with van der Waals surface area (Å²) in [5.74, 6) is 2.05. The molecule has 1 amide bonds. The van der Waals surface area contributed by atoms with E-state index in [1.54, 1.807) is 0 Å². The van der Waals surface area contributed by atoms with E-state index in [4.69, 9.17) is 4.99 Å². The van der Waals surface area contributed by atoms with Gasteiger partial charge in [-0.15, -0.1) is 0 Å². The molecule has 0 bridgehead atoms. The van der Waals surface area contributed by atoms with Crippen LogP contribution in [0, 0.1) is 11.8 Å². The number of guanidine groups is 1. The van der Waals surface area contributed by atoms with Crippen molar-refractivity contribution in [3.63, 3.8) is 0 Å². The van der Waals surface area contributed by atoms with E-state index in [1.165, 1.54) is 37.9 Å². The van der Waals surface area contributed by atoms with Gasteiger partial charge in [-0.05, 0) is 50.8 Å². The van der Waals surface area contributed by atoms with Gasteiger partial charge >= 0.3 is 0 Å². The summed E-state index contributed by atoms with van der Waals surface area (Å²) in [7, 11) is 0. The molecule has 0 aliphatic carbocycles. The number of piperidine rings is 1. The van der Waals surface area contributed by atoms with Gasteiger partial charge < -0.3 is 20.4 Å². The fourth-order valence-electron chi connectivity index (χ4n) is 4.59. The number of hydrogen-bond donors (Lipinski definition) is 2. The highest BCUT2D eigenvalue weighted by Gasteiger charge is 2.29. The van der Waals surface area contributed by atoms with E-state index >= 15 is 0 Å². The number of rotatable bonds is 10. The molecule has 0 saturated carbocycles. The molecule has 2 N–H and O–H groups in total. The number of carbonyl (C=O) groups excluding carboxylic acids is 1. The van der Waals surface area contributed by atoms with Crippen molar-refractivity contribution in [1.29, 1.82) is 0 Å². The van der Waals surface area contributed by atoms with Crippen molar-refractivity contribution in [3.05, 3.63) is 35.9 Å². The summed E-state index contributed by atoms with van der Waals surface area (Å²) >= 11 is 0. The van der Waals surface area contributed by atoms with Crippen LogP contribution in [-0.2, 0) is 11.2 Å². The van der Waals surface area contributed by atoms with E-state index in [0.717, 1.165) is 51.6 Å². The minimum absolute atomic E-state index is 0.278. The molecule has 0 radical (unpaired) electrons. The highest BCUT2D eigenvalue weighted by Crippen LogP contribution is 2.17. The Kier molecular flexibility index (Phi) is 9.66. The zero-order chi connectivity index (χ0) is 21.9. The van der Waals surface area contributed by atoms with Crippen LogP contribution in [-0.4, -0.2) is 74.0 Å². The lowest BCUT2D eigenvalue weighted by Gasteiger charge is -2.28. The molecular weight excluding hydrogens is 386 g/mol. The molecule has 172 valence electrons. The summed E-state index contributed by atoms with van der Waals surface area (Å²) in [5.41, 5.74) is 1.29. The molecule has 6 heteroatoms. The highest BCUT2D eigenvalue weighted by atomic mass is 16.2. The summed E-state index contributed by atoms with van der Waals surface area (Å²) in [6.45, 7) is 12.1. The van der Waals surface area contributed by atoms with Gasteiger partial charge in [-0.25, -0.2) is 0 Å². The van der Waals surface area contributed by atoms with Crippen molar-refractivity contribution in [1.82, 2.24) is 20.4 Å². The summed E-state index contributed by atoms with van der Waals surface area (Å²) in [6, 6.07) is 10.4. The molecule has 2 unspecified atom stereocenters. The van der Waals surface area contributed by atoms with Crippen LogP contribution in [0.2, 0.25) is 0 Å². The standard InChI is InChI=1S/C25H41N5O/c1-3-26-25(27-17-21(2)19-29-13-8-5-9-14-29)28-18-23-16-24(31)30(20-23)15-12-22-10-6-4-7-11-22/h4,6-7,10-11,21,23H,3,5,8-9,12-20H2,1-2H3,(H2,26,27,28). The van der Waals surface area contributed by atoms with E-state index < -0.39 is 0 Å². The van der Waals surface area contributed by atoms with Crippen LogP contribution in [0.5, 0.6) is 0 Å². The summed E-state index contributed by atoms with van der Waals surface area (Å²) < 4.78 is 0. The van der Waals surface area contributed by atoms with Crippen LogP contribution in [0.1, 0.15) is 45.1 Å². The summed E-state index contributed by atoms with van der Waals surface area (Å²) in [4.78, 5) is 21.9. The molecule has 2 saturated heterocycles. The Labute approximate surface area is 188 Å². The van der Waals surface area contributed by atoms with Crippen LogP contribution in [0.4, 0.5) is 0 Å². The third-order valence-electron chi connectivity index (χ3n) is 6.29. The fourth-order valence-corrected chi connectivity index (χ4v) is 4.59. The number of nitrogens with one attached hydrogen (secondary N) is 2. The van der Waals surface area contributed by atoms with Gasteiger partial charge in [-0.3, -0.25) is 9.79 Å². The molecule has 31 heavy (non-hydrogen) atoms. The van der Waals surface area contributed by atoms with Crippen molar-refractivity contribution in [2.24, 2.45) is 16.8 Å². The van der Waals surface area contributed by atoms with E-state index in [-0.39, 0.29) is 5.91 Å². The maximum Gasteiger partial charge on any atom is 0.223 e. The minimum atomic E-state index is 0.278. The molecule has 2 aliphatic heterocycles. The number of amides is 1. The molecule has 2 atom stereocenters. The topological polar surface area (TPSA) is 60.0 Å². The first-order chi connectivity index (χ1) is 15.1. The van der Waals surface area contributed by atoms with Crippen molar-refractivity contribution in [2.75, 3.05) is 52.4 Å². The van der Waals surface area contributed by atoms with Crippen LogP contribution in [0.25, 0.3) is 0 Å². The van der Waals surface area contributed by atoms with Gasteiger partial charge in [0.1, 0.15) is 0 Å². The Balaban J connectivity index is 1.40. The molecule has 2 heterocycles. The third-order valence-corrected chi connectivity index (χ3v) is 6.29. The number of hydrogen-bond acceptors (Lipinski definition) is 3. The van der Waals surface area contributed by atoms with Crippen molar-refractivity contribution >= 4 is 11.9 Å². The predicted octanol–water partition coefficient (Wildman–Crippen LogP) is 2.75. The Hall–Kier alpha value is -2.08. The lowest BCUT2D eigenvalue weighted by molar-refractivity contribution is -0.127. The molecule has 2 aliphatic rings. The van der Waals surface area contributed by atoms with E-state index in [9.17, 15) is 4.79 Å². The monoisotopic (exact) mass is 427 g/mol. The van der Waals surface area contributed by atoms with Crippen molar-refractivity contribution < 1.29 is 4.79 Å². The van der Waals surface area contributed by atoms with Gasteiger partial charge in [0.05, 0.1) is 0 Å².